The number of benzene rings is 1. The van der Waals surface area contributed by atoms with Crippen molar-refractivity contribution in [1.29, 1.82) is 0 Å². The van der Waals surface area contributed by atoms with Crippen molar-refractivity contribution in [1.82, 2.24) is 10.3 Å². The van der Waals surface area contributed by atoms with E-state index in [1.807, 2.05) is 38.3 Å². The summed E-state index contributed by atoms with van der Waals surface area (Å²) in [6.07, 6.45) is 7.95. The number of aryl methyl sites for hydroxylation is 1. The zero-order valence-corrected chi connectivity index (χ0v) is 12.1. The van der Waals surface area contributed by atoms with E-state index in [0.29, 0.717) is 0 Å². The van der Waals surface area contributed by atoms with Crippen LogP contribution < -0.4 is 5.32 Å². The Bertz CT molecular complexity index is 565. The van der Waals surface area contributed by atoms with E-state index in [0.717, 1.165) is 17.2 Å². The zero-order chi connectivity index (χ0) is 13.5. The summed E-state index contributed by atoms with van der Waals surface area (Å²) in [6.45, 7) is 4.87. The van der Waals surface area contributed by atoms with Gasteiger partial charge in [0.2, 0.25) is 0 Å². The van der Waals surface area contributed by atoms with Crippen LogP contribution in [0.4, 0.5) is 0 Å². The standard InChI is InChI=1S/C16H18N2S/c1-3-4-5-10-17-11-14-6-8-15(9-7-14)16-12-19-13(2)18-16/h3-10,12,17H,11H2,1-2H3/b4-3-,10-5-. The molecule has 2 nitrogen and oxygen atoms in total. The second-order valence-electron chi connectivity index (χ2n) is 4.21. The molecule has 0 amide bonds. The predicted molar refractivity (Wildman–Crippen MR) is 83.1 cm³/mol. The van der Waals surface area contributed by atoms with Gasteiger partial charge in [0, 0.05) is 17.5 Å². The van der Waals surface area contributed by atoms with Crippen molar-refractivity contribution in [2.75, 3.05) is 0 Å². The van der Waals surface area contributed by atoms with Crippen LogP contribution in [0.25, 0.3) is 11.3 Å². The van der Waals surface area contributed by atoms with E-state index in [2.05, 4.69) is 39.9 Å². The first-order chi connectivity index (χ1) is 9.29. The van der Waals surface area contributed by atoms with Crippen LogP contribution in [0.2, 0.25) is 0 Å². The minimum Gasteiger partial charge on any atom is -0.387 e. The van der Waals surface area contributed by atoms with Crippen LogP contribution in [0.5, 0.6) is 0 Å². The van der Waals surface area contributed by atoms with Crippen LogP contribution in [0.1, 0.15) is 17.5 Å². The summed E-state index contributed by atoms with van der Waals surface area (Å²) in [5.41, 5.74) is 3.51. The molecular weight excluding hydrogens is 252 g/mol. The Morgan fingerprint density at radius 1 is 1.21 bits per heavy atom. The van der Waals surface area contributed by atoms with Gasteiger partial charge in [0.1, 0.15) is 0 Å². The van der Waals surface area contributed by atoms with Crippen LogP contribution >= 0.6 is 11.3 Å². The monoisotopic (exact) mass is 270 g/mol. The maximum Gasteiger partial charge on any atom is 0.0901 e. The first-order valence-corrected chi connectivity index (χ1v) is 7.20. The molecule has 19 heavy (non-hydrogen) atoms. The Kier molecular flexibility index (Phi) is 4.93. The number of hydrogen-bond acceptors (Lipinski definition) is 3. The molecule has 1 aromatic heterocycles. The van der Waals surface area contributed by atoms with Crippen molar-refractivity contribution in [3.8, 4) is 11.3 Å². The van der Waals surface area contributed by atoms with Gasteiger partial charge >= 0.3 is 0 Å². The van der Waals surface area contributed by atoms with Gasteiger partial charge in [-0.05, 0) is 31.7 Å². The molecule has 0 aliphatic carbocycles. The fourth-order valence-corrected chi connectivity index (χ4v) is 2.32. The van der Waals surface area contributed by atoms with Crippen molar-refractivity contribution < 1.29 is 0 Å². The molecule has 0 unspecified atom stereocenters. The van der Waals surface area contributed by atoms with E-state index in [-0.39, 0.29) is 0 Å². The Hall–Kier alpha value is -1.87. The highest BCUT2D eigenvalue weighted by atomic mass is 32.1. The summed E-state index contributed by atoms with van der Waals surface area (Å²) in [5.74, 6) is 0. The van der Waals surface area contributed by atoms with Crippen molar-refractivity contribution in [3.63, 3.8) is 0 Å². The van der Waals surface area contributed by atoms with Crippen LogP contribution in [-0.4, -0.2) is 4.98 Å². The highest BCUT2D eigenvalue weighted by Gasteiger charge is 2.01. The lowest BCUT2D eigenvalue weighted by molar-refractivity contribution is 0.870. The Balaban J connectivity index is 1.95. The van der Waals surface area contributed by atoms with Gasteiger partial charge in [-0.1, -0.05) is 36.4 Å². The molecule has 98 valence electrons. The highest BCUT2D eigenvalue weighted by Crippen LogP contribution is 2.21. The second kappa shape index (κ2) is 6.90. The second-order valence-corrected chi connectivity index (χ2v) is 5.28. The average Bonchev–Trinajstić information content (AvgIpc) is 2.86. The Labute approximate surface area is 118 Å². The zero-order valence-electron chi connectivity index (χ0n) is 11.3. The molecule has 0 radical (unpaired) electrons. The number of nitrogens with one attached hydrogen (secondary N) is 1. The first-order valence-electron chi connectivity index (χ1n) is 6.32. The van der Waals surface area contributed by atoms with Crippen LogP contribution in [-0.2, 0) is 6.54 Å². The summed E-state index contributed by atoms with van der Waals surface area (Å²) in [7, 11) is 0. The molecule has 0 atom stereocenters. The van der Waals surface area contributed by atoms with Gasteiger partial charge in [-0.25, -0.2) is 4.98 Å². The van der Waals surface area contributed by atoms with Gasteiger partial charge in [-0.2, -0.15) is 0 Å². The van der Waals surface area contributed by atoms with E-state index in [1.165, 1.54) is 11.1 Å². The van der Waals surface area contributed by atoms with Crippen LogP contribution in [0.15, 0.2) is 54.1 Å². The van der Waals surface area contributed by atoms with Gasteiger partial charge in [0.25, 0.3) is 0 Å². The largest absolute Gasteiger partial charge is 0.387 e. The summed E-state index contributed by atoms with van der Waals surface area (Å²) in [6, 6.07) is 8.53. The minimum atomic E-state index is 0.838. The molecule has 1 aromatic carbocycles. The molecule has 0 aliphatic heterocycles. The maximum absolute atomic E-state index is 4.49. The smallest absolute Gasteiger partial charge is 0.0901 e. The third kappa shape index (κ3) is 4.07. The fourth-order valence-electron chi connectivity index (χ4n) is 1.70. The molecule has 2 aromatic rings. The molecule has 0 saturated heterocycles. The molecular formula is C16H18N2S. The summed E-state index contributed by atoms with van der Waals surface area (Å²) >= 11 is 1.69. The quantitative estimate of drug-likeness (QED) is 0.819. The van der Waals surface area contributed by atoms with E-state index in [1.54, 1.807) is 11.3 Å². The van der Waals surface area contributed by atoms with Gasteiger partial charge in [-0.15, -0.1) is 11.3 Å². The van der Waals surface area contributed by atoms with Crippen molar-refractivity contribution in [3.05, 3.63) is 64.6 Å². The molecule has 0 bridgehead atoms. The van der Waals surface area contributed by atoms with Crippen molar-refractivity contribution >= 4 is 11.3 Å². The lowest BCUT2D eigenvalue weighted by atomic mass is 10.1. The molecule has 0 spiro atoms. The highest BCUT2D eigenvalue weighted by molar-refractivity contribution is 7.09. The van der Waals surface area contributed by atoms with Gasteiger partial charge < -0.3 is 5.32 Å². The molecule has 2 rings (SSSR count). The van der Waals surface area contributed by atoms with Gasteiger partial charge in [-0.3, -0.25) is 0 Å². The van der Waals surface area contributed by atoms with Gasteiger partial charge in [0.05, 0.1) is 10.7 Å². The molecule has 3 heteroatoms. The molecule has 0 aliphatic rings. The van der Waals surface area contributed by atoms with Gasteiger partial charge in [0.15, 0.2) is 0 Å². The number of thiazole rings is 1. The number of aromatic nitrogens is 1. The van der Waals surface area contributed by atoms with Crippen LogP contribution in [0, 0.1) is 6.92 Å². The number of hydrogen-bond donors (Lipinski definition) is 1. The fraction of sp³-hybridized carbons (Fsp3) is 0.188. The predicted octanol–water partition coefficient (Wildman–Crippen LogP) is 4.30. The van der Waals surface area contributed by atoms with E-state index in [9.17, 15) is 0 Å². The minimum absolute atomic E-state index is 0.838. The van der Waals surface area contributed by atoms with E-state index in [4.69, 9.17) is 0 Å². The lowest BCUT2D eigenvalue weighted by Gasteiger charge is -2.02. The summed E-state index contributed by atoms with van der Waals surface area (Å²) in [5, 5.41) is 6.46. The molecule has 0 fully saturated rings. The Morgan fingerprint density at radius 2 is 2.00 bits per heavy atom. The molecule has 1 N–H and O–H groups in total. The number of rotatable bonds is 5. The lowest BCUT2D eigenvalue weighted by Crippen LogP contribution is -2.03. The molecule has 1 heterocycles. The number of allylic oxidation sites excluding steroid dienone is 3. The van der Waals surface area contributed by atoms with Crippen molar-refractivity contribution in [2.24, 2.45) is 0 Å². The summed E-state index contributed by atoms with van der Waals surface area (Å²) in [4.78, 5) is 4.49. The first kappa shape index (κ1) is 13.6. The third-order valence-electron chi connectivity index (χ3n) is 2.69. The van der Waals surface area contributed by atoms with Crippen LogP contribution in [0.3, 0.4) is 0 Å². The normalized spacial score (nSPS) is 11.5. The Morgan fingerprint density at radius 3 is 2.63 bits per heavy atom. The maximum atomic E-state index is 4.49. The molecule has 0 saturated carbocycles. The average molecular weight is 270 g/mol. The van der Waals surface area contributed by atoms with Crippen molar-refractivity contribution in [2.45, 2.75) is 20.4 Å². The van der Waals surface area contributed by atoms with E-state index < -0.39 is 0 Å². The number of nitrogens with zero attached hydrogens (tertiary/aromatic N) is 1. The SMILES string of the molecule is C/C=C\C=C/NCc1ccc(-c2csc(C)n2)cc1. The third-order valence-corrected chi connectivity index (χ3v) is 3.47. The topological polar surface area (TPSA) is 24.9 Å². The summed E-state index contributed by atoms with van der Waals surface area (Å²) < 4.78 is 0. The van der Waals surface area contributed by atoms with E-state index >= 15 is 0 Å².